The van der Waals surface area contributed by atoms with E-state index >= 15 is 0 Å². The van der Waals surface area contributed by atoms with E-state index in [1.165, 1.54) is 0 Å². The molecule has 0 fully saturated rings. The van der Waals surface area contributed by atoms with Crippen LogP contribution in [0.3, 0.4) is 0 Å². The third-order valence-electron chi connectivity index (χ3n) is 2.28. The zero-order valence-electron chi connectivity index (χ0n) is 9.80. The summed E-state index contributed by atoms with van der Waals surface area (Å²) in [4.78, 5) is 11.9. The number of alkyl halides is 1. The molecule has 0 radical (unpaired) electrons. The maximum Gasteiger partial charge on any atom is 0.251 e. The largest absolute Gasteiger partial charge is 0.383 e. The van der Waals surface area contributed by atoms with E-state index in [0.29, 0.717) is 18.7 Å². The monoisotopic (exact) mass is 319 g/mol. The molecule has 1 unspecified atom stereocenters. The zero-order chi connectivity index (χ0) is 12.8. The molecular formula is C12H15BrClNO2. The number of rotatable bonds is 5. The van der Waals surface area contributed by atoms with Gasteiger partial charge in [0.25, 0.3) is 5.91 Å². The number of aryl methyl sites for hydroxylation is 1. The van der Waals surface area contributed by atoms with Crippen molar-refractivity contribution >= 4 is 33.4 Å². The average molecular weight is 321 g/mol. The quantitative estimate of drug-likeness (QED) is 0.847. The highest BCUT2D eigenvalue weighted by molar-refractivity contribution is 9.10. The first-order valence-corrected chi connectivity index (χ1v) is 6.45. The SMILES string of the molecule is COCC(Cl)CNC(=O)c1cc(Br)ccc1C. The van der Waals surface area contributed by atoms with Crippen molar-refractivity contribution in [3.63, 3.8) is 0 Å². The molecule has 1 atom stereocenters. The fourth-order valence-corrected chi connectivity index (χ4v) is 1.94. The van der Waals surface area contributed by atoms with E-state index < -0.39 is 0 Å². The first-order valence-electron chi connectivity index (χ1n) is 5.22. The fraction of sp³-hybridized carbons (Fsp3) is 0.417. The topological polar surface area (TPSA) is 38.3 Å². The van der Waals surface area contributed by atoms with Crippen molar-refractivity contribution in [3.05, 3.63) is 33.8 Å². The predicted octanol–water partition coefficient (Wildman–Crippen LogP) is 2.74. The number of hydrogen-bond donors (Lipinski definition) is 1. The van der Waals surface area contributed by atoms with Gasteiger partial charge < -0.3 is 10.1 Å². The predicted molar refractivity (Wildman–Crippen MR) is 72.7 cm³/mol. The van der Waals surface area contributed by atoms with E-state index in [0.717, 1.165) is 10.0 Å². The number of benzene rings is 1. The first kappa shape index (κ1) is 14.5. The minimum atomic E-state index is -0.212. The van der Waals surface area contributed by atoms with E-state index in [9.17, 15) is 4.79 Å². The fourth-order valence-electron chi connectivity index (χ4n) is 1.38. The Hall–Kier alpha value is -0.580. The molecule has 5 heteroatoms. The molecule has 0 aliphatic rings. The molecule has 17 heavy (non-hydrogen) atoms. The van der Waals surface area contributed by atoms with Crippen molar-refractivity contribution < 1.29 is 9.53 Å². The summed E-state index contributed by atoms with van der Waals surface area (Å²) in [5.41, 5.74) is 1.59. The first-order chi connectivity index (χ1) is 8.04. The number of carbonyl (C=O) groups is 1. The minimum absolute atomic E-state index is 0.120. The normalized spacial score (nSPS) is 12.2. The van der Waals surface area contributed by atoms with Crippen LogP contribution in [0.15, 0.2) is 22.7 Å². The lowest BCUT2D eigenvalue weighted by atomic mass is 10.1. The molecule has 1 N–H and O–H groups in total. The van der Waals surface area contributed by atoms with Gasteiger partial charge in [-0.1, -0.05) is 22.0 Å². The summed E-state index contributed by atoms with van der Waals surface area (Å²) in [6.45, 7) is 2.70. The number of halogens is 2. The molecule has 0 saturated heterocycles. The van der Waals surface area contributed by atoms with Gasteiger partial charge in [0.1, 0.15) is 0 Å². The minimum Gasteiger partial charge on any atom is -0.383 e. The van der Waals surface area contributed by atoms with Gasteiger partial charge in [0, 0.05) is 23.7 Å². The summed E-state index contributed by atoms with van der Waals surface area (Å²) in [5, 5.41) is 2.57. The van der Waals surface area contributed by atoms with Crippen LogP contribution in [0, 0.1) is 6.92 Å². The molecule has 1 rings (SSSR count). The Morgan fingerprint density at radius 2 is 2.29 bits per heavy atom. The molecule has 0 spiro atoms. The maximum atomic E-state index is 11.9. The highest BCUT2D eigenvalue weighted by Gasteiger charge is 2.11. The summed E-state index contributed by atoms with van der Waals surface area (Å²) >= 11 is 9.28. The van der Waals surface area contributed by atoms with E-state index in [-0.39, 0.29) is 11.3 Å². The van der Waals surface area contributed by atoms with Crippen molar-refractivity contribution in [2.24, 2.45) is 0 Å². The molecule has 0 bridgehead atoms. The van der Waals surface area contributed by atoms with Crippen LogP contribution >= 0.6 is 27.5 Å². The van der Waals surface area contributed by atoms with Crippen LogP contribution in [-0.2, 0) is 4.74 Å². The standard InChI is InChI=1S/C12H15BrClNO2/c1-8-3-4-9(13)5-11(8)12(16)15-6-10(14)7-17-2/h3-5,10H,6-7H2,1-2H3,(H,15,16). The Kier molecular flexibility index (Phi) is 5.95. The number of hydrogen-bond acceptors (Lipinski definition) is 2. The molecule has 3 nitrogen and oxygen atoms in total. The van der Waals surface area contributed by atoms with Crippen LogP contribution in [0.1, 0.15) is 15.9 Å². The number of methoxy groups -OCH3 is 1. The lowest BCUT2D eigenvalue weighted by Gasteiger charge is -2.11. The van der Waals surface area contributed by atoms with Crippen molar-refractivity contribution in [2.45, 2.75) is 12.3 Å². The molecule has 94 valence electrons. The van der Waals surface area contributed by atoms with Gasteiger partial charge in [-0.25, -0.2) is 0 Å². The van der Waals surface area contributed by atoms with Crippen molar-refractivity contribution in [3.8, 4) is 0 Å². The highest BCUT2D eigenvalue weighted by Crippen LogP contribution is 2.15. The van der Waals surface area contributed by atoms with Crippen molar-refractivity contribution in [1.29, 1.82) is 0 Å². The van der Waals surface area contributed by atoms with Gasteiger partial charge >= 0.3 is 0 Å². The van der Waals surface area contributed by atoms with Gasteiger partial charge in [-0.15, -0.1) is 11.6 Å². The van der Waals surface area contributed by atoms with E-state index in [2.05, 4.69) is 21.2 Å². The second-order valence-corrected chi connectivity index (χ2v) is 5.25. The number of amides is 1. The lowest BCUT2D eigenvalue weighted by Crippen LogP contribution is -2.32. The molecule has 0 saturated carbocycles. The Bertz CT molecular complexity index is 398. The zero-order valence-corrected chi connectivity index (χ0v) is 12.1. The molecule has 0 aliphatic carbocycles. The Morgan fingerprint density at radius 1 is 1.59 bits per heavy atom. The van der Waals surface area contributed by atoms with E-state index in [1.54, 1.807) is 13.2 Å². The van der Waals surface area contributed by atoms with Gasteiger partial charge in [-0.05, 0) is 24.6 Å². The number of carbonyl (C=O) groups excluding carboxylic acids is 1. The van der Waals surface area contributed by atoms with Crippen LogP contribution in [-0.4, -0.2) is 31.5 Å². The Labute approximate surface area is 115 Å². The second kappa shape index (κ2) is 6.99. The van der Waals surface area contributed by atoms with Crippen LogP contribution in [0.4, 0.5) is 0 Å². The summed E-state index contributed by atoms with van der Waals surface area (Å²) in [5.74, 6) is -0.120. The summed E-state index contributed by atoms with van der Waals surface area (Å²) in [6.07, 6.45) is 0. The van der Waals surface area contributed by atoms with Gasteiger partial charge in [0.15, 0.2) is 0 Å². The maximum absolute atomic E-state index is 11.9. The molecule has 0 heterocycles. The summed E-state index contributed by atoms with van der Waals surface area (Å²) in [7, 11) is 1.58. The van der Waals surface area contributed by atoms with Gasteiger partial charge in [-0.2, -0.15) is 0 Å². The second-order valence-electron chi connectivity index (χ2n) is 3.72. The molecular weight excluding hydrogens is 305 g/mol. The van der Waals surface area contributed by atoms with Crippen molar-refractivity contribution in [1.82, 2.24) is 5.32 Å². The summed E-state index contributed by atoms with van der Waals surface area (Å²) < 4.78 is 5.78. The van der Waals surface area contributed by atoms with Crippen LogP contribution in [0.5, 0.6) is 0 Å². The Morgan fingerprint density at radius 3 is 2.94 bits per heavy atom. The highest BCUT2D eigenvalue weighted by atomic mass is 79.9. The Balaban J connectivity index is 2.61. The molecule has 0 aliphatic heterocycles. The molecule has 1 aromatic rings. The van der Waals surface area contributed by atoms with Crippen LogP contribution in [0.2, 0.25) is 0 Å². The average Bonchev–Trinajstić information content (AvgIpc) is 2.29. The number of nitrogens with one attached hydrogen (secondary N) is 1. The van der Waals surface area contributed by atoms with Crippen molar-refractivity contribution in [2.75, 3.05) is 20.3 Å². The van der Waals surface area contributed by atoms with Crippen LogP contribution in [0.25, 0.3) is 0 Å². The number of ether oxygens (including phenoxy) is 1. The third kappa shape index (κ3) is 4.66. The molecule has 0 aromatic heterocycles. The molecule has 1 amide bonds. The molecule has 1 aromatic carbocycles. The third-order valence-corrected chi connectivity index (χ3v) is 3.05. The van der Waals surface area contributed by atoms with Gasteiger partial charge in [-0.3, -0.25) is 4.79 Å². The summed E-state index contributed by atoms with van der Waals surface area (Å²) in [6, 6.07) is 5.60. The van der Waals surface area contributed by atoms with E-state index in [1.807, 2.05) is 19.1 Å². The van der Waals surface area contributed by atoms with Crippen LogP contribution < -0.4 is 5.32 Å². The van der Waals surface area contributed by atoms with E-state index in [4.69, 9.17) is 16.3 Å². The lowest BCUT2D eigenvalue weighted by molar-refractivity contribution is 0.0948. The van der Waals surface area contributed by atoms with Gasteiger partial charge in [0.05, 0.1) is 12.0 Å². The smallest absolute Gasteiger partial charge is 0.251 e. The van der Waals surface area contributed by atoms with Gasteiger partial charge in [0.2, 0.25) is 0 Å².